The van der Waals surface area contributed by atoms with Crippen LogP contribution in [-0.4, -0.2) is 25.5 Å². The zero-order valence-electron chi connectivity index (χ0n) is 16.1. The molecule has 0 unspecified atom stereocenters. The molecule has 0 aliphatic carbocycles. The summed E-state index contributed by atoms with van der Waals surface area (Å²) in [5.41, 5.74) is 1.51. The summed E-state index contributed by atoms with van der Waals surface area (Å²) in [6.45, 7) is 0.336. The Balaban J connectivity index is 1.75. The summed E-state index contributed by atoms with van der Waals surface area (Å²) in [5, 5.41) is 2.88. The van der Waals surface area contributed by atoms with E-state index >= 15 is 0 Å². The quantitative estimate of drug-likeness (QED) is 0.478. The molecule has 152 valence electrons. The number of methoxy groups -OCH3 is 1. The van der Waals surface area contributed by atoms with E-state index < -0.39 is 9.84 Å². The van der Waals surface area contributed by atoms with Crippen LogP contribution in [0.25, 0.3) is 11.5 Å². The van der Waals surface area contributed by atoms with Crippen LogP contribution in [-0.2, 0) is 16.4 Å². The minimum atomic E-state index is -3.88. The van der Waals surface area contributed by atoms with Crippen molar-refractivity contribution in [2.45, 2.75) is 16.5 Å². The van der Waals surface area contributed by atoms with Crippen molar-refractivity contribution in [3.63, 3.8) is 0 Å². The molecule has 0 bridgehead atoms. The number of aromatic nitrogens is 2. The highest BCUT2D eigenvalue weighted by atomic mass is 32.2. The summed E-state index contributed by atoms with van der Waals surface area (Å²) in [5.74, 6) is 0.951. The van der Waals surface area contributed by atoms with Gasteiger partial charge in [0.25, 0.3) is 0 Å². The highest BCUT2D eigenvalue weighted by Crippen LogP contribution is 2.33. The van der Waals surface area contributed by atoms with Crippen LogP contribution >= 0.6 is 0 Å². The molecule has 4 rings (SSSR count). The second kappa shape index (κ2) is 8.38. The third kappa shape index (κ3) is 4.04. The SMILES string of the molecule is COc1ccc(-c2nc(S(=O)(=O)c3ccccc3)c(NCc3cccnc3)o2)cc1. The number of anilines is 1. The molecule has 0 saturated heterocycles. The molecule has 0 atom stereocenters. The van der Waals surface area contributed by atoms with Crippen LogP contribution in [0.3, 0.4) is 0 Å². The van der Waals surface area contributed by atoms with E-state index in [1.54, 1.807) is 62.0 Å². The Morgan fingerprint density at radius 2 is 1.77 bits per heavy atom. The van der Waals surface area contributed by atoms with Gasteiger partial charge < -0.3 is 14.5 Å². The van der Waals surface area contributed by atoms with Crippen molar-refractivity contribution in [3.8, 4) is 17.2 Å². The van der Waals surface area contributed by atoms with Gasteiger partial charge in [-0.25, -0.2) is 8.42 Å². The Morgan fingerprint density at radius 1 is 1.00 bits per heavy atom. The number of hydrogen-bond acceptors (Lipinski definition) is 7. The van der Waals surface area contributed by atoms with E-state index in [1.807, 2.05) is 12.1 Å². The maximum Gasteiger partial charge on any atom is 0.234 e. The van der Waals surface area contributed by atoms with Crippen molar-refractivity contribution in [2.24, 2.45) is 0 Å². The first-order valence-electron chi connectivity index (χ1n) is 9.16. The predicted molar refractivity (Wildman–Crippen MR) is 112 cm³/mol. The van der Waals surface area contributed by atoms with E-state index in [0.29, 0.717) is 17.9 Å². The zero-order chi connectivity index (χ0) is 21.0. The first kappa shape index (κ1) is 19.7. The van der Waals surface area contributed by atoms with E-state index in [2.05, 4.69) is 15.3 Å². The molecule has 0 aliphatic rings. The van der Waals surface area contributed by atoms with Crippen molar-refractivity contribution < 1.29 is 17.6 Å². The van der Waals surface area contributed by atoms with Gasteiger partial charge in [-0.3, -0.25) is 4.98 Å². The number of oxazole rings is 1. The molecule has 7 nitrogen and oxygen atoms in total. The highest BCUT2D eigenvalue weighted by Gasteiger charge is 2.28. The van der Waals surface area contributed by atoms with E-state index in [0.717, 1.165) is 5.56 Å². The van der Waals surface area contributed by atoms with Crippen LogP contribution in [0.15, 0.2) is 93.5 Å². The lowest BCUT2D eigenvalue weighted by atomic mass is 10.2. The lowest BCUT2D eigenvalue weighted by Gasteiger charge is -2.06. The molecule has 30 heavy (non-hydrogen) atoms. The van der Waals surface area contributed by atoms with E-state index in [4.69, 9.17) is 9.15 Å². The molecule has 0 radical (unpaired) electrons. The van der Waals surface area contributed by atoms with Crippen LogP contribution in [0.1, 0.15) is 5.56 Å². The fraction of sp³-hybridized carbons (Fsp3) is 0.0909. The Morgan fingerprint density at radius 3 is 2.43 bits per heavy atom. The molecule has 0 aliphatic heterocycles. The van der Waals surface area contributed by atoms with Crippen molar-refractivity contribution in [3.05, 3.63) is 84.7 Å². The third-order valence-corrected chi connectivity index (χ3v) is 6.10. The van der Waals surface area contributed by atoms with Gasteiger partial charge in [-0.05, 0) is 48.0 Å². The standard InChI is InChI=1S/C22H19N3O4S/c1-28-18-11-9-17(10-12-18)20-25-22(30(26,27)19-7-3-2-4-8-19)21(29-20)24-15-16-6-5-13-23-14-16/h2-14,24H,15H2,1H3. The zero-order valence-corrected chi connectivity index (χ0v) is 17.0. The minimum absolute atomic E-state index is 0.0773. The first-order chi connectivity index (χ1) is 14.6. The Kier molecular flexibility index (Phi) is 5.49. The topological polar surface area (TPSA) is 94.3 Å². The van der Waals surface area contributed by atoms with Gasteiger partial charge in [0.1, 0.15) is 5.75 Å². The lowest BCUT2D eigenvalue weighted by molar-refractivity contribution is 0.415. The van der Waals surface area contributed by atoms with Crippen molar-refractivity contribution in [2.75, 3.05) is 12.4 Å². The number of rotatable bonds is 7. The summed E-state index contributed by atoms with van der Waals surface area (Å²) in [6.07, 6.45) is 3.37. The number of hydrogen-bond donors (Lipinski definition) is 1. The van der Waals surface area contributed by atoms with Crippen molar-refractivity contribution in [1.29, 1.82) is 0 Å². The Hall–Kier alpha value is -3.65. The molecule has 0 fully saturated rings. The molecule has 0 spiro atoms. The molecule has 2 aromatic heterocycles. The summed E-state index contributed by atoms with van der Waals surface area (Å²) in [6, 6.07) is 18.9. The van der Waals surface area contributed by atoms with Crippen molar-refractivity contribution in [1.82, 2.24) is 9.97 Å². The largest absolute Gasteiger partial charge is 0.497 e. The van der Waals surface area contributed by atoms with Crippen LogP contribution in [0.4, 0.5) is 5.88 Å². The molecule has 0 amide bonds. The van der Waals surface area contributed by atoms with Gasteiger partial charge >= 0.3 is 0 Å². The van der Waals surface area contributed by atoms with Crippen LogP contribution < -0.4 is 10.1 Å². The first-order valence-corrected chi connectivity index (χ1v) is 10.6. The fourth-order valence-electron chi connectivity index (χ4n) is 2.85. The summed E-state index contributed by atoms with van der Waals surface area (Å²) >= 11 is 0. The number of ether oxygens (including phenoxy) is 1. The molecule has 2 aromatic carbocycles. The number of sulfone groups is 1. The number of pyridine rings is 1. The monoisotopic (exact) mass is 421 g/mol. The number of nitrogens with zero attached hydrogens (tertiary/aromatic N) is 2. The number of nitrogens with one attached hydrogen (secondary N) is 1. The second-order valence-electron chi connectivity index (χ2n) is 6.41. The van der Waals surface area contributed by atoms with Crippen LogP contribution in [0.2, 0.25) is 0 Å². The van der Waals surface area contributed by atoms with E-state index in [1.165, 1.54) is 12.1 Å². The smallest absolute Gasteiger partial charge is 0.234 e. The summed E-state index contributed by atoms with van der Waals surface area (Å²) in [7, 11) is -2.31. The van der Waals surface area contributed by atoms with E-state index in [-0.39, 0.29) is 21.7 Å². The van der Waals surface area contributed by atoms with Gasteiger partial charge in [0, 0.05) is 24.5 Å². The van der Waals surface area contributed by atoms with Crippen molar-refractivity contribution >= 4 is 15.7 Å². The molecule has 8 heteroatoms. The predicted octanol–water partition coefficient (Wildman–Crippen LogP) is 4.19. The molecule has 0 saturated carbocycles. The Bertz CT molecular complexity index is 1220. The average Bonchev–Trinajstić information content (AvgIpc) is 3.24. The third-order valence-electron chi connectivity index (χ3n) is 4.42. The summed E-state index contributed by atoms with van der Waals surface area (Å²) in [4.78, 5) is 8.53. The van der Waals surface area contributed by atoms with Gasteiger partial charge in [0.05, 0.1) is 12.0 Å². The molecule has 1 N–H and O–H groups in total. The normalized spacial score (nSPS) is 11.2. The second-order valence-corrected chi connectivity index (χ2v) is 8.28. The van der Waals surface area contributed by atoms with Gasteiger partial charge in [-0.1, -0.05) is 24.3 Å². The van der Waals surface area contributed by atoms with Crippen LogP contribution in [0.5, 0.6) is 5.75 Å². The average molecular weight is 421 g/mol. The maximum atomic E-state index is 13.2. The molecule has 4 aromatic rings. The Labute approximate surface area is 174 Å². The summed E-state index contributed by atoms with van der Waals surface area (Å²) < 4.78 is 37.4. The maximum absolute atomic E-state index is 13.2. The molecule has 2 heterocycles. The lowest BCUT2D eigenvalue weighted by Crippen LogP contribution is -2.07. The fourth-order valence-corrected chi connectivity index (χ4v) is 4.15. The number of benzene rings is 2. The molecular formula is C22H19N3O4S. The van der Waals surface area contributed by atoms with Gasteiger partial charge in [-0.15, -0.1) is 0 Å². The van der Waals surface area contributed by atoms with Gasteiger partial charge in [0.15, 0.2) is 0 Å². The van der Waals surface area contributed by atoms with Gasteiger partial charge in [-0.2, -0.15) is 4.98 Å². The molecular weight excluding hydrogens is 402 g/mol. The minimum Gasteiger partial charge on any atom is -0.497 e. The van der Waals surface area contributed by atoms with Gasteiger partial charge in [0.2, 0.25) is 26.6 Å². The van der Waals surface area contributed by atoms with Crippen LogP contribution in [0, 0.1) is 0 Å². The van der Waals surface area contributed by atoms with E-state index in [9.17, 15) is 8.42 Å². The highest BCUT2D eigenvalue weighted by molar-refractivity contribution is 7.91.